The zero-order valence-corrected chi connectivity index (χ0v) is 42.1. The van der Waals surface area contributed by atoms with E-state index in [1.54, 1.807) is 0 Å². The zero-order valence-electron chi connectivity index (χ0n) is 42.1. The van der Waals surface area contributed by atoms with Crippen molar-refractivity contribution in [1.29, 1.82) is 0 Å². The highest BCUT2D eigenvalue weighted by molar-refractivity contribution is 5.77. The van der Waals surface area contributed by atoms with Gasteiger partial charge < -0.3 is 20.3 Å². The van der Waals surface area contributed by atoms with E-state index in [-0.39, 0.29) is 24.9 Å². The lowest BCUT2D eigenvalue weighted by atomic mass is 10.0. The molecular formula is C58H103NO5. The van der Waals surface area contributed by atoms with Gasteiger partial charge in [0.2, 0.25) is 5.91 Å². The Morgan fingerprint density at radius 1 is 0.469 bits per heavy atom. The molecule has 3 atom stereocenters. The molecule has 0 saturated carbocycles. The van der Waals surface area contributed by atoms with E-state index in [2.05, 4.69) is 99.0 Å². The molecule has 0 aromatic carbocycles. The van der Waals surface area contributed by atoms with Crippen LogP contribution in [0.5, 0.6) is 0 Å². The number of amides is 1. The predicted molar refractivity (Wildman–Crippen MR) is 278 cm³/mol. The van der Waals surface area contributed by atoms with Gasteiger partial charge in [-0.1, -0.05) is 229 Å². The largest absolute Gasteiger partial charge is 0.462 e. The summed E-state index contributed by atoms with van der Waals surface area (Å²) in [5, 5.41) is 23.8. The highest BCUT2D eigenvalue weighted by Crippen LogP contribution is 2.17. The van der Waals surface area contributed by atoms with E-state index >= 15 is 0 Å². The van der Waals surface area contributed by atoms with E-state index in [9.17, 15) is 19.8 Å². The Hall–Kier alpha value is -2.70. The fourth-order valence-electron chi connectivity index (χ4n) is 7.93. The average molecular weight is 894 g/mol. The topological polar surface area (TPSA) is 95.9 Å². The van der Waals surface area contributed by atoms with Crippen LogP contribution < -0.4 is 5.32 Å². The van der Waals surface area contributed by atoms with Crippen LogP contribution in [0.4, 0.5) is 0 Å². The summed E-state index contributed by atoms with van der Waals surface area (Å²) in [6.45, 7) is 6.36. The molecule has 0 spiro atoms. The molecule has 64 heavy (non-hydrogen) atoms. The molecule has 0 fully saturated rings. The van der Waals surface area contributed by atoms with Crippen molar-refractivity contribution in [2.24, 2.45) is 0 Å². The number of hydrogen-bond acceptors (Lipinski definition) is 5. The summed E-state index contributed by atoms with van der Waals surface area (Å²) in [4.78, 5) is 26.2. The molecular weight excluding hydrogens is 791 g/mol. The molecule has 1 amide bonds. The number of carbonyl (C=O) groups excluding carboxylic acids is 2. The first-order valence-corrected chi connectivity index (χ1v) is 27.2. The summed E-state index contributed by atoms with van der Waals surface area (Å²) >= 11 is 0. The van der Waals surface area contributed by atoms with E-state index in [1.165, 1.54) is 116 Å². The van der Waals surface area contributed by atoms with Crippen LogP contribution in [0.1, 0.15) is 258 Å². The van der Waals surface area contributed by atoms with Crippen molar-refractivity contribution in [2.75, 3.05) is 6.61 Å². The van der Waals surface area contributed by atoms with E-state index in [0.717, 1.165) is 89.9 Å². The predicted octanol–water partition coefficient (Wildman–Crippen LogP) is 16.6. The highest BCUT2D eigenvalue weighted by Gasteiger charge is 2.24. The van der Waals surface area contributed by atoms with E-state index < -0.39 is 18.2 Å². The molecule has 0 aliphatic carbocycles. The molecule has 3 unspecified atom stereocenters. The van der Waals surface area contributed by atoms with Gasteiger partial charge in [-0.15, -0.1) is 0 Å². The number of unbranched alkanes of at least 4 members (excludes halogenated alkanes) is 24. The molecule has 0 aromatic heterocycles. The summed E-state index contributed by atoms with van der Waals surface area (Å²) in [5.74, 6) is -0.556. The summed E-state index contributed by atoms with van der Waals surface area (Å²) in [6.07, 6.45) is 65.4. The Kier molecular flexibility index (Phi) is 49.1. The number of rotatable bonds is 48. The van der Waals surface area contributed by atoms with Gasteiger partial charge in [-0.05, 0) is 89.9 Å². The van der Waals surface area contributed by atoms with Crippen molar-refractivity contribution >= 4 is 11.9 Å². The SMILES string of the molecule is CC/C=C\C/C=C\C/C=C\C/C=C\C/C=C\CCCC(=O)OC(CCCCC/C=C/CCCCCCCCCCC)CC(=O)NC(CO)C(O)CCCCCCCCCCCCCC. The van der Waals surface area contributed by atoms with E-state index in [0.29, 0.717) is 25.7 Å². The van der Waals surface area contributed by atoms with Crippen LogP contribution in [0, 0.1) is 0 Å². The Balaban J connectivity index is 4.70. The van der Waals surface area contributed by atoms with Crippen molar-refractivity contribution in [3.8, 4) is 0 Å². The second-order valence-electron chi connectivity index (χ2n) is 18.2. The van der Waals surface area contributed by atoms with Crippen molar-refractivity contribution in [3.63, 3.8) is 0 Å². The summed E-state index contributed by atoms with van der Waals surface area (Å²) in [7, 11) is 0. The van der Waals surface area contributed by atoms with Crippen LogP contribution in [0.15, 0.2) is 72.9 Å². The van der Waals surface area contributed by atoms with Crippen molar-refractivity contribution in [1.82, 2.24) is 5.32 Å². The molecule has 0 rings (SSSR count). The molecule has 0 bridgehead atoms. The second-order valence-corrected chi connectivity index (χ2v) is 18.2. The number of aliphatic hydroxyl groups excluding tert-OH is 2. The van der Waals surface area contributed by atoms with Crippen molar-refractivity contribution < 1.29 is 24.5 Å². The first kappa shape index (κ1) is 61.3. The summed E-state index contributed by atoms with van der Waals surface area (Å²) in [5.41, 5.74) is 0. The molecule has 6 heteroatoms. The van der Waals surface area contributed by atoms with E-state index in [1.807, 2.05) is 0 Å². The first-order valence-electron chi connectivity index (χ1n) is 27.2. The van der Waals surface area contributed by atoms with Gasteiger partial charge in [-0.3, -0.25) is 9.59 Å². The number of nitrogens with one attached hydrogen (secondary N) is 1. The Morgan fingerprint density at radius 3 is 1.31 bits per heavy atom. The number of allylic oxidation sites excluding steroid dienone is 12. The third-order valence-corrected chi connectivity index (χ3v) is 12.0. The van der Waals surface area contributed by atoms with Gasteiger partial charge in [0.15, 0.2) is 0 Å². The minimum atomic E-state index is -0.803. The van der Waals surface area contributed by atoms with Crippen LogP contribution >= 0.6 is 0 Å². The molecule has 6 nitrogen and oxygen atoms in total. The molecule has 0 aliphatic rings. The summed E-state index contributed by atoms with van der Waals surface area (Å²) < 4.78 is 5.91. The van der Waals surface area contributed by atoms with Crippen LogP contribution in [0.2, 0.25) is 0 Å². The Bertz CT molecular complexity index is 1190. The minimum absolute atomic E-state index is 0.0426. The maximum Gasteiger partial charge on any atom is 0.306 e. The van der Waals surface area contributed by atoms with Gasteiger partial charge in [0.1, 0.15) is 6.10 Å². The van der Waals surface area contributed by atoms with Gasteiger partial charge in [0.05, 0.1) is 25.2 Å². The number of carbonyl (C=O) groups is 2. The minimum Gasteiger partial charge on any atom is -0.462 e. The molecule has 0 aliphatic heterocycles. The van der Waals surface area contributed by atoms with Crippen LogP contribution in [0.3, 0.4) is 0 Å². The lowest BCUT2D eigenvalue weighted by molar-refractivity contribution is -0.151. The Labute approximate surface area is 396 Å². The Morgan fingerprint density at radius 2 is 0.844 bits per heavy atom. The normalized spacial score (nSPS) is 13.8. The van der Waals surface area contributed by atoms with Gasteiger partial charge >= 0.3 is 5.97 Å². The number of ether oxygens (including phenoxy) is 1. The zero-order chi connectivity index (χ0) is 46.7. The van der Waals surface area contributed by atoms with Crippen LogP contribution in [-0.2, 0) is 14.3 Å². The summed E-state index contributed by atoms with van der Waals surface area (Å²) in [6, 6.07) is -0.720. The molecule has 0 radical (unpaired) electrons. The maximum absolute atomic E-state index is 13.2. The van der Waals surface area contributed by atoms with Crippen LogP contribution in [0.25, 0.3) is 0 Å². The van der Waals surface area contributed by atoms with Crippen LogP contribution in [-0.4, -0.2) is 46.9 Å². The lowest BCUT2D eigenvalue weighted by Crippen LogP contribution is -2.46. The monoisotopic (exact) mass is 894 g/mol. The van der Waals surface area contributed by atoms with Gasteiger partial charge in [0, 0.05) is 6.42 Å². The third-order valence-electron chi connectivity index (χ3n) is 12.0. The van der Waals surface area contributed by atoms with Crippen molar-refractivity contribution in [3.05, 3.63) is 72.9 Å². The standard InChI is InChI=1S/C58H103NO5/c1-4-7-10-13-16-19-22-25-27-29-31-33-36-39-42-45-48-51-58(63)64-54(49-46-43-40-37-34-32-30-28-26-23-20-17-14-11-8-5-2)52-57(62)59-55(53-60)56(61)50-47-44-41-38-35-24-21-18-15-12-9-6-3/h7,10,16,19,25,27,31-34,39,42,54-56,60-61H,4-6,8-9,11-15,17-18,20-24,26,28-30,35-38,40-41,43-53H2,1-3H3,(H,59,62)/b10-7-,19-16-,27-25-,33-31-,34-32+,42-39-. The maximum atomic E-state index is 13.2. The molecule has 0 heterocycles. The second kappa shape index (κ2) is 51.3. The molecule has 0 aromatic rings. The third kappa shape index (κ3) is 45.9. The van der Waals surface area contributed by atoms with Gasteiger partial charge in [-0.25, -0.2) is 0 Å². The fraction of sp³-hybridized carbons (Fsp3) is 0.759. The van der Waals surface area contributed by atoms with Crippen molar-refractivity contribution in [2.45, 2.75) is 277 Å². The molecule has 3 N–H and O–H groups in total. The first-order chi connectivity index (χ1) is 31.5. The number of esters is 1. The lowest BCUT2D eigenvalue weighted by Gasteiger charge is -2.24. The quantitative estimate of drug-likeness (QED) is 0.0321. The fourth-order valence-corrected chi connectivity index (χ4v) is 7.93. The molecule has 0 saturated heterocycles. The molecule has 370 valence electrons. The number of hydrogen-bond donors (Lipinski definition) is 3. The van der Waals surface area contributed by atoms with Gasteiger partial charge in [0.25, 0.3) is 0 Å². The average Bonchev–Trinajstić information content (AvgIpc) is 3.29. The smallest absolute Gasteiger partial charge is 0.306 e. The van der Waals surface area contributed by atoms with Gasteiger partial charge in [-0.2, -0.15) is 0 Å². The number of aliphatic hydroxyl groups is 2. The van der Waals surface area contributed by atoms with E-state index in [4.69, 9.17) is 4.74 Å². The highest BCUT2D eigenvalue weighted by atomic mass is 16.5.